The summed E-state index contributed by atoms with van der Waals surface area (Å²) in [7, 11) is 0. The number of benzene rings is 1. The first-order valence-electron chi connectivity index (χ1n) is 5.26. The first-order chi connectivity index (χ1) is 7.39. The molecule has 0 unspecified atom stereocenters. The second-order valence-corrected chi connectivity index (χ2v) is 4.67. The maximum Gasteiger partial charge on any atom is 0.305 e. The van der Waals surface area contributed by atoms with Gasteiger partial charge in [0.25, 0.3) is 0 Å². The van der Waals surface area contributed by atoms with Gasteiger partial charge in [0.1, 0.15) is 5.75 Å². The Balaban J connectivity index is 2.55. The van der Waals surface area contributed by atoms with Gasteiger partial charge in [-0.25, -0.2) is 0 Å². The van der Waals surface area contributed by atoms with E-state index in [9.17, 15) is 4.79 Å². The lowest BCUT2D eigenvalue weighted by atomic mass is 9.87. The van der Waals surface area contributed by atoms with Crippen molar-refractivity contribution in [2.24, 2.45) is 0 Å². The zero-order chi connectivity index (χ0) is 12.2. The molecule has 0 fully saturated rings. The van der Waals surface area contributed by atoms with Gasteiger partial charge in [0.2, 0.25) is 6.79 Å². The third-order valence-corrected chi connectivity index (χ3v) is 2.21. The number of hydrogen-bond acceptors (Lipinski definition) is 3. The largest absolute Gasteiger partial charge is 0.457 e. The Kier molecular flexibility index (Phi) is 3.93. The number of esters is 1. The second kappa shape index (κ2) is 5.01. The summed E-state index contributed by atoms with van der Waals surface area (Å²) in [5, 5.41) is 0. The van der Waals surface area contributed by atoms with E-state index in [0.29, 0.717) is 5.75 Å². The predicted octanol–water partition coefficient (Wildman–Crippen LogP) is 2.88. The van der Waals surface area contributed by atoms with Crippen molar-refractivity contribution in [2.75, 3.05) is 6.79 Å². The zero-order valence-corrected chi connectivity index (χ0v) is 10.2. The Hall–Kier alpha value is -1.51. The number of ether oxygens (including phenoxy) is 2. The zero-order valence-electron chi connectivity index (χ0n) is 10.2. The van der Waals surface area contributed by atoms with Gasteiger partial charge in [-0.15, -0.1) is 0 Å². The molecule has 0 aliphatic rings. The van der Waals surface area contributed by atoms with Gasteiger partial charge in [-0.2, -0.15) is 0 Å². The Labute approximate surface area is 96.4 Å². The summed E-state index contributed by atoms with van der Waals surface area (Å²) in [5.74, 6) is 0.362. The topological polar surface area (TPSA) is 35.5 Å². The van der Waals surface area contributed by atoms with E-state index in [2.05, 4.69) is 25.5 Å². The normalized spacial score (nSPS) is 11.0. The summed E-state index contributed by atoms with van der Waals surface area (Å²) in [6.07, 6.45) is 0. The Morgan fingerprint density at radius 2 is 1.75 bits per heavy atom. The number of rotatable bonds is 3. The van der Waals surface area contributed by atoms with E-state index in [1.54, 1.807) is 0 Å². The quantitative estimate of drug-likeness (QED) is 0.582. The smallest absolute Gasteiger partial charge is 0.305 e. The highest BCUT2D eigenvalue weighted by atomic mass is 16.7. The van der Waals surface area contributed by atoms with Crippen LogP contribution in [0.5, 0.6) is 5.75 Å². The summed E-state index contributed by atoms with van der Waals surface area (Å²) < 4.78 is 9.92. The van der Waals surface area contributed by atoms with Crippen LogP contribution in [-0.2, 0) is 14.9 Å². The molecule has 0 bridgehead atoms. The number of hydrogen-bond donors (Lipinski definition) is 0. The highest BCUT2D eigenvalue weighted by Gasteiger charge is 2.12. The van der Waals surface area contributed by atoms with Crippen LogP contribution in [0.2, 0.25) is 0 Å². The molecule has 0 N–H and O–H groups in total. The molecule has 0 radical (unpaired) electrons. The van der Waals surface area contributed by atoms with Crippen LogP contribution in [0.3, 0.4) is 0 Å². The lowest BCUT2D eigenvalue weighted by Gasteiger charge is -2.19. The fraction of sp³-hybridized carbons (Fsp3) is 0.462. The first kappa shape index (κ1) is 12.6. The summed E-state index contributed by atoms with van der Waals surface area (Å²) in [5.41, 5.74) is 1.38. The van der Waals surface area contributed by atoms with Crippen LogP contribution in [0.4, 0.5) is 0 Å². The van der Waals surface area contributed by atoms with Crippen molar-refractivity contribution in [2.45, 2.75) is 33.1 Å². The molecule has 0 aliphatic heterocycles. The van der Waals surface area contributed by atoms with Crippen molar-refractivity contribution >= 4 is 5.97 Å². The van der Waals surface area contributed by atoms with Gasteiger partial charge >= 0.3 is 5.97 Å². The van der Waals surface area contributed by atoms with Crippen LogP contribution in [0, 0.1) is 0 Å². The molecule has 0 spiro atoms. The highest BCUT2D eigenvalue weighted by Crippen LogP contribution is 2.24. The maximum absolute atomic E-state index is 10.5. The summed E-state index contributed by atoms with van der Waals surface area (Å²) in [4.78, 5) is 10.5. The third-order valence-electron chi connectivity index (χ3n) is 2.21. The fourth-order valence-corrected chi connectivity index (χ4v) is 1.23. The van der Waals surface area contributed by atoms with E-state index >= 15 is 0 Å². The second-order valence-electron chi connectivity index (χ2n) is 4.67. The van der Waals surface area contributed by atoms with Crippen LogP contribution in [0.15, 0.2) is 24.3 Å². The SMILES string of the molecule is CC(=O)OCOc1ccc(C(C)(C)C)cc1. The van der Waals surface area contributed by atoms with Crippen LogP contribution in [-0.4, -0.2) is 12.8 Å². The number of carbonyl (C=O) groups excluding carboxylic acids is 1. The average molecular weight is 222 g/mol. The van der Waals surface area contributed by atoms with Crippen molar-refractivity contribution in [3.63, 3.8) is 0 Å². The standard InChI is InChI=1S/C13H18O3/c1-10(14)15-9-16-12-7-5-11(6-8-12)13(2,3)4/h5-8H,9H2,1-4H3. The van der Waals surface area contributed by atoms with Crippen molar-refractivity contribution in [3.05, 3.63) is 29.8 Å². The molecule has 1 rings (SSSR count). The van der Waals surface area contributed by atoms with Crippen molar-refractivity contribution in [3.8, 4) is 5.75 Å². The van der Waals surface area contributed by atoms with Gasteiger partial charge in [-0.05, 0) is 23.1 Å². The molecule has 0 aliphatic carbocycles. The average Bonchev–Trinajstić information content (AvgIpc) is 2.16. The minimum Gasteiger partial charge on any atom is -0.457 e. The predicted molar refractivity (Wildman–Crippen MR) is 62.4 cm³/mol. The van der Waals surface area contributed by atoms with E-state index in [-0.39, 0.29) is 18.2 Å². The fourth-order valence-electron chi connectivity index (χ4n) is 1.23. The Bertz CT molecular complexity index is 346. The molecule has 3 nitrogen and oxygen atoms in total. The van der Waals surface area contributed by atoms with Crippen LogP contribution in [0.1, 0.15) is 33.3 Å². The van der Waals surface area contributed by atoms with E-state index in [1.165, 1.54) is 12.5 Å². The first-order valence-corrected chi connectivity index (χ1v) is 5.26. The van der Waals surface area contributed by atoms with E-state index in [4.69, 9.17) is 4.74 Å². The molecule has 0 atom stereocenters. The molecule has 0 amide bonds. The molecule has 16 heavy (non-hydrogen) atoms. The van der Waals surface area contributed by atoms with Gasteiger partial charge in [0.05, 0.1) is 0 Å². The van der Waals surface area contributed by atoms with E-state index in [0.717, 1.165) is 0 Å². The van der Waals surface area contributed by atoms with Crippen molar-refractivity contribution in [1.82, 2.24) is 0 Å². The molecule has 0 saturated heterocycles. The monoisotopic (exact) mass is 222 g/mol. The molecular formula is C13H18O3. The lowest BCUT2D eigenvalue weighted by molar-refractivity contribution is -0.147. The summed E-state index contributed by atoms with van der Waals surface area (Å²) in [6, 6.07) is 7.79. The molecule has 3 heteroatoms. The van der Waals surface area contributed by atoms with E-state index in [1.807, 2.05) is 24.3 Å². The highest BCUT2D eigenvalue weighted by molar-refractivity contribution is 5.65. The molecular weight excluding hydrogens is 204 g/mol. The minimum atomic E-state index is -0.341. The lowest BCUT2D eigenvalue weighted by Crippen LogP contribution is -2.11. The van der Waals surface area contributed by atoms with Crippen LogP contribution < -0.4 is 4.74 Å². The Morgan fingerprint density at radius 3 is 2.19 bits per heavy atom. The van der Waals surface area contributed by atoms with Gasteiger partial charge < -0.3 is 9.47 Å². The van der Waals surface area contributed by atoms with Gasteiger partial charge in [-0.3, -0.25) is 4.79 Å². The van der Waals surface area contributed by atoms with Gasteiger partial charge in [0.15, 0.2) is 0 Å². The molecule has 0 aromatic heterocycles. The number of carbonyl (C=O) groups is 1. The minimum absolute atomic E-state index is 0.0375. The molecule has 0 heterocycles. The van der Waals surface area contributed by atoms with Gasteiger partial charge in [-0.1, -0.05) is 32.9 Å². The van der Waals surface area contributed by atoms with Crippen molar-refractivity contribution < 1.29 is 14.3 Å². The third kappa shape index (κ3) is 3.93. The molecule has 0 saturated carbocycles. The Morgan fingerprint density at radius 1 is 1.19 bits per heavy atom. The maximum atomic E-state index is 10.5. The summed E-state index contributed by atoms with van der Waals surface area (Å²) >= 11 is 0. The molecule has 88 valence electrons. The van der Waals surface area contributed by atoms with Crippen LogP contribution in [0.25, 0.3) is 0 Å². The summed E-state index contributed by atoms with van der Waals surface area (Å²) in [6.45, 7) is 7.78. The van der Waals surface area contributed by atoms with Crippen molar-refractivity contribution in [1.29, 1.82) is 0 Å². The van der Waals surface area contributed by atoms with Gasteiger partial charge in [0, 0.05) is 6.92 Å². The van der Waals surface area contributed by atoms with Crippen LogP contribution >= 0.6 is 0 Å². The van der Waals surface area contributed by atoms with E-state index < -0.39 is 0 Å². The molecule has 1 aromatic carbocycles. The molecule has 1 aromatic rings.